The van der Waals surface area contributed by atoms with E-state index in [0.717, 1.165) is 17.7 Å². The maximum atomic E-state index is 11.4. The summed E-state index contributed by atoms with van der Waals surface area (Å²) in [7, 11) is 3.04. The number of carbonyl (C=O) groups excluding carboxylic acids is 1. The number of hydrogen-bond acceptors (Lipinski definition) is 4. The molecule has 1 aromatic carbocycles. The second-order valence-electron chi connectivity index (χ2n) is 4.15. The molecule has 0 radical (unpaired) electrons. The fourth-order valence-corrected chi connectivity index (χ4v) is 1.83. The molecule has 1 N–H and O–H groups in total. The molecule has 0 amide bonds. The Morgan fingerprint density at radius 2 is 1.89 bits per heavy atom. The van der Waals surface area contributed by atoms with Crippen LogP contribution in [0.5, 0.6) is 5.75 Å². The normalized spacial score (nSPS) is 13.8. The van der Waals surface area contributed by atoms with Gasteiger partial charge in [-0.15, -0.1) is 0 Å². The molecule has 0 aliphatic heterocycles. The number of esters is 1. The van der Waals surface area contributed by atoms with E-state index in [1.54, 1.807) is 14.0 Å². The van der Waals surface area contributed by atoms with Gasteiger partial charge in [0.25, 0.3) is 0 Å². The van der Waals surface area contributed by atoms with Crippen LogP contribution in [0.15, 0.2) is 24.3 Å². The Hall–Kier alpha value is -1.55. The van der Waals surface area contributed by atoms with E-state index in [-0.39, 0.29) is 18.1 Å². The molecule has 1 aromatic rings. The monoisotopic (exact) mass is 251 g/mol. The molecule has 0 bridgehead atoms. The molecular formula is C14H21NO3. The molecule has 0 aromatic heterocycles. The van der Waals surface area contributed by atoms with Crippen molar-refractivity contribution in [2.45, 2.75) is 32.4 Å². The smallest absolute Gasteiger partial charge is 0.322 e. The summed E-state index contributed by atoms with van der Waals surface area (Å²) in [6.07, 6.45) is 0.896. The molecule has 1 rings (SSSR count). The average Bonchev–Trinajstić information content (AvgIpc) is 2.43. The number of ether oxygens (including phenoxy) is 2. The van der Waals surface area contributed by atoms with Crippen molar-refractivity contribution in [2.24, 2.45) is 0 Å². The lowest BCUT2D eigenvalue weighted by Crippen LogP contribution is -2.37. The number of carbonyl (C=O) groups is 1. The molecule has 0 spiro atoms. The van der Waals surface area contributed by atoms with Gasteiger partial charge >= 0.3 is 5.97 Å². The molecule has 100 valence electrons. The van der Waals surface area contributed by atoms with Crippen LogP contribution >= 0.6 is 0 Å². The molecule has 0 aliphatic rings. The van der Waals surface area contributed by atoms with Gasteiger partial charge in [0.05, 0.1) is 14.2 Å². The van der Waals surface area contributed by atoms with E-state index < -0.39 is 0 Å². The van der Waals surface area contributed by atoms with Gasteiger partial charge in [-0.2, -0.15) is 0 Å². The zero-order valence-electron chi connectivity index (χ0n) is 11.4. The van der Waals surface area contributed by atoms with Gasteiger partial charge in [-0.05, 0) is 31.0 Å². The number of benzene rings is 1. The standard InChI is InChI=1S/C14H21NO3/c1-5-13(15-10(2)14(16)18-4)11-6-8-12(17-3)9-7-11/h6-10,13,15H,5H2,1-4H3/t10-,13?/m0/s1. The SMILES string of the molecule is CCC(N[C@@H](C)C(=O)OC)c1ccc(OC)cc1. The van der Waals surface area contributed by atoms with Gasteiger partial charge in [0.2, 0.25) is 0 Å². The van der Waals surface area contributed by atoms with Gasteiger partial charge in [0, 0.05) is 6.04 Å². The van der Waals surface area contributed by atoms with Crippen LogP contribution in [0.25, 0.3) is 0 Å². The summed E-state index contributed by atoms with van der Waals surface area (Å²) in [6.45, 7) is 3.88. The largest absolute Gasteiger partial charge is 0.497 e. The Morgan fingerprint density at radius 3 is 2.33 bits per heavy atom. The van der Waals surface area contributed by atoms with Crippen molar-refractivity contribution < 1.29 is 14.3 Å². The van der Waals surface area contributed by atoms with Crippen LogP contribution in [0.2, 0.25) is 0 Å². The second-order valence-corrected chi connectivity index (χ2v) is 4.15. The van der Waals surface area contributed by atoms with Crippen molar-refractivity contribution in [3.63, 3.8) is 0 Å². The molecule has 4 nitrogen and oxygen atoms in total. The lowest BCUT2D eigenvalue weighted by atomic mass is 10.0. The molecule has 0 aliphatic carbocycles. The van der Waals surface area contributed by atoms with Crippen molar-refractivity contribution in [3.05, 3.63) is 29.8 Å². The van der Waals surface area contributed by atoms with Gasteiger partial charge in [-0.1, -0.05) is 19.1 Å². The Bertz CT molecular complexity index is 375. The van der Waals surface area contributed by atoms with Crippen molar-refractivity contribution in [2.75, 3.05) is 14.2 Å². The molecule has 0 heterocycles. The van der Waals surface area contributed by atoms with Crippen LogP contribution in [-0.4, -0.2) is 26.2 Å². The highest BCUT2D eigenvalue weighted by atomic mass is 16.5. The van der Waals surface area contributed by atoms with Crippen LogP contribution in [0.3, 0.4) is 0 Å². The number of hydrogen-bond donors (Lipinski definition) is 1. The quantitative estimate of drug-likeness (QED) is 0.788. The number of nitrogens with one attached hydrogen (secondary N) is 1. The minimum Gasteiger partial charge on any atom is -0.497 e. The molecule has 2 atom stereocenters. The van der Waals surface area contributed by atoms with E-state index in [2.05, 4.69) is 12.2 Å². The fourth-order valence-electron chi connectivity index (χ4n) is 1.83. The second kappa shape index (κ2) is 7.01. The summed E-state index contributed by atoms with van der Waals surface area (Å²) in [4.78, 5) is 11.4. The maximum absolute atomic E-state index is 11.4. The molecular weight excluding hydrogens is 230 g/mol. The zero-order chi connectivity index (χ0) is 13.5. The lowest BCUT2D eigenvalue weighted by Gasteiger charge is -2.21. The first-order chi connectivity index (χ1) is 8.62. The summed E-state index contributed by atoms with van der Waals surface area (Å²) in [5.74, 6) is 0.580. The predicted octanol–water partition coefficient (Wildman–Crippen LogP) is 2.30. The number of rotatable bonds is 6. The molecule has 1 unspecified atom stereocenters. The van der Waals surface area contributed by atoms with Crippen molar-refractivity contribution in [3.8, 4) is 5.75 Å². The summed E-state index contributed by atoms with van der Waals surface area (Å²) in [5, 5.41) is 3.26. The fraction of sp³-hybridized carbons (Fsp3) is 0.500. The summed E-state index contributed by atoms with van der Waals surface area (Å²) < 4.78 is 9.83. The highest BCUT2D eigenvalue weighted by Gasteiger charge is 2.18. The lowest BCUT2D eigenvalue weighted by molar-refractivity contribution is -0.142. The van der Waals surface area contributed by atoms with Gasteiger partial charge in [-0.3, -0.25) is 10.1 Å². The van der Waals surface area contributed by atoms with E-state index >= 15 is 0 Å². The predicted molar refractivity (Wildman–Crippen MR) is 70.6 cm³/mol. The van der Waals surface area contributed by atoms with Crippen molar-refractivity contribution >= 4 is 5.97 Å². The van der Waals surface area contributed by atoms with E-state index in [4.69, 9.17) is 9.47 Å². The highest BCUT2D eigenvalue weighted by molar-refractivity contribution is 5.75. The minimum atomic E-state index is -0.318. The Balaban J connectivity index is 2.73. The molecule has 18 heavy (non-hydrogen) atoms. The Morgan fingerprint density at radius 1 is 1.28 bits per heavy atom. The third-order valence-corrected chi connectivity index (χ3v) is 2.93. The van der Waals surface area contributed by atoms with Crippen LogP contribution in [0, 0.1) is 0 Å². The van der Waals surface area contributed by atoms with E-state index in [9.17, 15) is 4.79 Å². The van der Waals surface area contributed by atoms with Gasteiger partial charge in [0.15, 0.2) is 0 Å². The van der Waals surface area contributed by atoms with Gasteiger partial charge in [-0.25, -0.2) is 0 Å². The molecule has 0 saturated heterocycles. The highest BCUT2D eigenvalue weighted by Crippen LogP contribution is 2.20. The van der Waals surface area contributed by atoms with Crippen LogP contribution < -0.4 is 10.1 Å². The Kier molecular flexibility index (Phi) is 5.65. The third-order valence-electron chi connectivity index (χ3n) is 2.93. The zero-order valence-corrected chi connectivity index (χ0v) is 11.4. The third kappa shape index (κ3) is 3.74. The number of methoxy groups -OCH3 is 2. The first-order valence-corrected chi connectivity index (χ1v) is 6.10. The Labute approximate surface area is 108 Å². The maximum Gasteiger partial charge on any atom is 0.322 e. The topological polar surface area (TPSA) is 47.6 Å². The van der Waals surface area contributed by atoms with E-state index in [1.165, 1.54) is 7.11 Å². The summed E-state index contributed by atoms with van der Waals surface area (Å²) >= 11 is 0. The van der Waals surface area contributed by atoms with Crippen LogP contribution in [0.1, 0.15) is 31.9 Å². The average molecular weight is 251 g/mol. The summed E-state index contributed by atoms with van der Waals surface area (Å²) in [5.41, 5.74) is 1.13. The van der Waals surface area contributed by atoms with Gasteiger partial charge < -0.3 is 9.47 Å². The summed E-state index contributed by atoms with van der Waals surface area (Å²) in [6, 6.07) is 7.66. The van der Waals surface area contributed by atoms with Crippen molar-refractivity contribution in [1.82, 2.24) is 5.32 Å². The first kappa shape index (κ1) is 14.5. The molecule has 0 saturated carbocycles. The van der Waals surface area contributed by atoms with Crippen LogP contribution in [0.4, 0.5) is 0 Å². The minimum absolute atomic E-state index is 0.130. The molecule has 4 heteroatoms. The van der Waals surface area contributed by atoms with E-state index in [1.807, 2.05) is 24.3 Å². The van der Waals surface area contributed by atoms with Gasteiger partial charge in [0.1, 0.15) is 11.8 Å². The van der Waals surface area contributed by atoms with Crippen LogP contribution in [-0.2, 0) is 9.53 Å². The van der Waals surface area contributed by atoms with Crippen molar-refractivity contribution in [1.29, 1.82) is 0 Å². The van der Waals surface area contributed by atoms with E-state index in [0.29, 0.717) is 0 Å². The first-order valence-electron chi connectivity index (χ1n) is 6.10. The molecule has 0 fully saturated rings.